The standard InChI is InChI=1S/C21H16ClF3N2O3S/c1-13-5-4-6-15(11-13)27-31(29,30)19-12-14(9-10-17(19)22)20(28)26-18-8-3-2-7-16(18)21(23,24)25/h2-12,27H,1H3,(H,26,28). The highest BCUT2D eigenvalue weighted by molar-refractivity contribution is 7.92. The number of carbonyl (C=O) groups is 1. The van der Waals surface area contributed by atoms with Gasteiger partial charge in [0.25, 0.3) is 15.9 Å². The first-order valence-corrected chi connectivity index (χ1v) is 10.7. The van der Waals surface area contributed by atoms with E-state index in [9.17, 15) is 26.4 Å². The lowest BCUT2D eigenvalue weighted by Gasteiger charge is -2.14. The minimum atomic E-state index is -4.67. The van der Waals surface area contributed by atoms with Crippen LogP contribution < -0.4 is 10.0 Å². The Bertz CT molecular complexity index is 1240. The van der Waals surface area contributed by atoms with Crippen molar-refractivity contribution in [1.29, 1.82) is 0 Å². The summed E-state index contributed by atoms with van der Waals surface area (Å²) in [4.78, 5) is 12.2. The second-order valence-electron chi connectivity index (χ2n) is 6.62. The number of halogens is 4. The highest BCUT2D eigenvalue weighted by atomic mass is 35.5. The molecule has 2 N–H and O–H groups in total. The first kappa shape index (κ1) is 22.6. The molecule has 0 aliphatic heterocycles. The first-order valence-electron chi connectivity index (χ1n) is 8.84. The van der Waals surface area contributed by atoms with Crippen molar-refractivity contribution in [3.05, 3.63) is 88.4 Å². The fraction of sp³-hybridized carbons (Fsp3) is 0.0952. The number of para-hydroxylation sites is 1. The second kappa shape index (κ2) is 8.60. The lowest BCUT2D eigenvalue weighted by Crippen LogP contribution is -2.18. The van der Waals surface area contributed by atoms with Crippen molar-refractivity contribution in [2.45, 2.75) is 18.0 Å². The molecule has 5 nitrogen and oxygen atoms in total. The fourth-order valence-corrected chi connectivity index (χ4v) is 4.38. The quantitative estimate of drug-likeness (QED) is 0.503. The smallest absolute Gasteiger partial charge is 0.321 e. The molecule has 31 heavy (non-hydrogen) atoms. The van der Waals surface area contributed by atoms with E-state index in [4.69, 9.17) is 11.6 Å². The van der Waals surface area contributed by atoms with Gasteiger partial charge in [0.1, 0.15) is 4.90 Å². The monoisotopic (exact) mass is 468 g/mol. The van der Waals surface area contributed by atoms with Crippen molar-refractivity contribution in [2.75, 3.05) is 10.0 Å². The predicted molar refractivity (Wildman–Crippen MR) is 113 cm³/mol. The van der Waals surface area contributed by atoms with E-state index >= 15 is 0 Å². The van der Waals surface area contributed by atoms with Crippen LogP contribution in [-0.4, -0.2) is 14.3 Å². The lowest BCUT2D eigenvalue weighted by atomic mass is 10.1. The van der Waals surface area contributed by atoms with E-state index in [1.165, 1.54) is 24.3 Å². The molecule has 0 aliphatic carbocycles. The maximum absolute atomic E-state index is 13.2. The molecule has 10 heteroatoms. The topological polar surface area (TPSA) is 75.3 Å². The van der Waals surface area contributed by atoms with Gasteiger partial charge in [-0.15, -0.1) is 0 Å². The number of hydrogen-bond acceptors (Lipinski definition) is 3. The Labute approximate surface area is 181 Å². The summed E-state index contributed by atoms with van der Waals surface area (Å²) in [7, 11) is -4.16. The number of rotatable bonds is 5. The number of nitrogens with one attached hydrogen (secondary N) is 2. The van der Waals surface area contributed by atoms with Gasteiger partial charge in [0, 0.05) is 11.3 Å². The van der Waals surface area contributed by atoms with Crippen LogP contribution in [-0.2, 0) is 16.2 Å². The Kier molecular flexibility index (Phi) is 6.28. The van der Waals surface area contributed by atoms with Gasteiger partial charge in [-0.25, -0.2) is 8.42 Å². The van der Waals surface area contributed by atoms with E-state index in [1.54, 1.807) is 31.2 Å². The van der Waals surface area contributed by atoms with Crippen molar-refractivity contribution in [3.8, 4) is 0 Å². The number of amides is 1. The Morgan fingerprint density at radius 2 is 1.68 bits per heavy atom. The summed E-state index contributed by atoms with van der Waals surface area (Å²) < 4.78 is 67.4. The van der Waals surface area contributed by atoms with E-state index in [-0.39, 0.29) is 15.5 Å². The number of alkyl halides is 3. The molecule has 0 saturated carbocycles. The average Bonchev–Trinajstić information content (AvgIpc) is 2.67. The molecule has 0 atom stereocenters. The van der Waals surface area contributed by atoms with Crippen molar-refractivity contribution in [3.63, 3.8) is 0 Å². The summed E-state index contributed by atoms with van der Waals surface area (Å²) in [6, 6.07) is 14.5. The molecule has 162 valence electrons. The van der Waals surface area contributed by atoms with Crippen molar-refractivity contribution in [2.24, 2.45) is 0 Å². The third kappa shape index (κ3) is 5.36. The lowest BCUT2D eigenvalue weighted by molar-refractivity contribution is -0.136. The van der Waals surface area contributed by atoms with Gasteiger partial charge >= 0.3 is 6.18 Å². The Hall–Kier alpha value is -3.04. The number of hydrogen-bond donors (Lipinski definition) is 2. The third-order valence-electron chi connectivity index (χ3n) is 4.23. The molecule has 3 rings (SSSR count). The van der Waals surface area contributed by atoms with Gasteiger partial charge in [-0.1, -0.05) is 35.9 Å². The first-order chi connectivity index (χ1) is 14.5. The Morgan fingerprint density at radius 1 is 0.968 bits per heavy atom. The molecule has 0 heterocycles. The normalized spacial score (nSPS) is 11.8. The van der Waals surface area contributed by atoms with E-state index in [2.05, 4.69) is 10.0 Å². The van der Waals surface area contributed by atoms with Crippen LogP contribution in [0.3, 0.4) is 0 Å². The Morgan fingerprint density at radius 3 is 2.35 bits per heavy atom. The fourth-order valence-electron chi connectivity index (χ4n) is 2.80. The van der Waals surface area contributed by atoms with Crippen molar-refractivity contribution >= 4 is 38.9 Å². The third-order valence-corrected chi connectivity index (χ3v) is 6.10. The van der Waals surface area contributed by atoms with Crippen LogP contribution in [0.15, 0.2) is 71.6 Å². The number of benzene rings is 3. The molecule has 0 spiro atoms. The van der Waals surface area contributed by atoms with Gasteiger partial charge in [-0.2, -0.15) is 13.2 Å². The zero-order valence-electron chi connectivity index (χ0n) is 16.0. The number of anilines is 2. The minimum Gasteiger partial charge on any atom is -0.321 e. The molecule has 0 fully saturated rings. The summed E-state index contributed by atoms with van der Waals surface area (Å²) >= 11 is 6.03. The number of aryl methyl sites for hydroxylation is 1. The van der Waals surface area contributed by atoms with Crippen LogP contribution in [0.2, 0.25) is 5.02 Å². The number of carbonyl (C=O) groups excluding carboxylic acids is 1. The van der Waals surface area contributed by atoms with E-state index in [0.29, 0.717) is 5.69 Å². The molecule has 0 radical (unpaired) electrons. The molecule has 0 aliphatic rings. The SMILES string of the molecule is Cc1cccc(NS(=O)(=O)c2cc(C(=O)Nc3ccccc3C(F)(F)F)ccc2Cl)c1. The number of sulfonamides is 1. The van der Waals surface area contributed by atoms with Crippen LogP contribution in [0.25, 0.3) is 0 Å². The molecular formula is C21H16ClF3N2O3S. The largest absolute Gasteiger partial charge is 0.418 e. The molecule has 1 amide bonds. The highest BCUT2D eigenvalue weighted by Crippen LogP contribution is 2.35. The van der Waals surface area contributed by atoms with Gasteiger partial charge < -0.3 is 5.32 Å². The average molecular weight is 469 g/mol. The van der Waals surface area contributed by atoms with E-state index < -0.39 is 33.4 Å². The molecule has 0 bridgehead atoms. The summed E-state index contributed by atoms with van der Waals surface area (Å²) in [5, 5.41) is 2.03. The van der Waals surface area contributed by atoms with Crippen LogP contribution in [0.1, 0.15) is 21.5 Å². The van der Waals surface area contributed by atoms with Gasteiger partial charge in [0.15, 0.2) is 0 Å². The van der Waals surface area contributed by atoms with Crippen LogP contribution >= 0.6 is 11.6 Å². The Balaban J connectivity index is 1.92. The van der Waals surface area contributed by atoms with E-state index in [0.717, 1.165) is 23.8 Å². The summed E-state index contributed by atoms with van der Waals surface area (Å²) in [5.74, 6) is -0.916. The molecule has 0 unspecified atom stereocenters. The van der Waals surface area contributed by atoms with Crippen LogP contribution in [0, 0.1) is 6.92 Å². The summed E-state index contributed by atoms with van der Waals surface area (Å²) in [6.45, 7) is 1.79. The zero-order chi connectivity index (χ0) is 22.8. The maximum atomic E-state index is 13.2. The zero-order valence-corrected chi connectivity index (χ0v) is 17.6. The maximum Gasteiger partial charge on any atom is 0.418 e. The van der Waals surface area contributed by atoms with Gasteiger partial charge in [-0.05, 0) is 55.0 Å². The van der Waals surface area contributed by atoms with Crippen LogP contribution in [0.5, 0.6) is 0 Å². The molecule has 3 aromatic rings. The molecule has 0 aromatic heterocycles. The van der Waals surface area contributed by atoms with Crippen molar-refractivity contribution < 1.29 is 26.4 Å². The highest BCUT2D eigenvalue weighted by Gasteiger charge is 2.33. The second-order valence-corrected chi connectivity index (χ2v) is 8.68. The van der Waals surface area contributed by atoms with Gasteiger partial charge in [0.2, 0.25) is 0 Å². The summed E-state index contributed by atoms with van der Waals surface area (Å²) in [6.07, 6.45) is -4.67. The predicted octanol–water partition coefficient (Wildman–Crippen LogP) is 5.72. The molecule has 3 aromatic carbocycles. The van der Waals surface area contributed by atoms with Gasteiger partial charge in [-0.3, -0.25) is 9.52 Å². The van der Waals surface area contributed by atoms with Crippen LogP contribution in [0.4, 0.5) is 24.5 Å². The minimum absolute atomic E-state index is 0.146. The summed E-state index contributed by atoms with van der Waals surface area (Å²) in [5.41, 5.74) is -0.526. The molecular weight excluding hydrogens is 453 g/mol. The van der Waals surface area contributed by atoms with Gasteiger partial charge in [0.05, 0.1) is 16.3 Å². The molecule has 0 saturated heterocycles. The van der Waals surface area contributed by atoms with E-state index in [1.807, 2.05) is 0 Å². The van der Waals surface area contributed by atoms with Crippen molar-refractivity contribution in [1.82, 2.24) is 0 Å².